The summed E-state index contributed by atoms with van der Waals surface area (Å²) in [7, 11) is 0. The molecular weight excluding hydrogens is 128 g/mol. The second kappa shape index (κ2) is 2.82. The van der Waals surface area contributed by atoms with E-state index in [4.69, 9.17) is 0 Å². The van der Waals surface area contributed by atoms with Gasteiger partial charge in [-0.25, -0.2) is 0 Å². The molecule has 1 aliphatic rings. The molecule has 3 heteroatoms. The molecule has 1 rings (SSSR count). The van der Waals surface area contributed by atoms with Gasteiger partial charge in [-0.15, -0.1) is 0 Å². The number of carbonyl (C=O) groups is 1. The van der Waals surface area contributed by atoms with E-state index in [-0.39, 0.29) is 5.91 Å². The third-order valence-corrected chi connectivity index (χ3v) is 1.56. The van der Waals surface area contributed by atoms with Crippen LogP contribution in [0.25, 0.3) is 0 Å². The highest BCUT2D eigenvalue weighted by Gasteiger charge is 2.17. The topological polar surface area (TPSA) is 32.7 Å². The molecule has 1 aliphatic heterocycles. The zero-order chi connectivity index (χ0) is 7.56. The fourth-order valence-electron chi connectivity index (χ4n) is 1.07. The number of amidine groups is 1. The van der Waals surface area contributed by atoms with Crippen LogP contribution in [0.1, 0.15) is 20.3 Å². The van der Waals surface area contributed by atoms with E-state index in [2.05, 4.69) is 11.9 Å². The highest BCUT2D eigenvalue weighted by Crippen LogP contribution is 2.02. The van der Waals surface area contributed by atoms with Gasteiger partial charge >= 0.3 is 0 Å². The summed E-state index contributed by atoms with van der Waals surface area (Å²) in [6, 6.07) is 0. The first-order valence-electron chi connectivity index (χ1n) is 3.57. The predicted octanol–water partition coefficient (Wildman–Crippen LogP) is 0.657. The summed E-state index contributed by atoms with van der Waals surface area (Å²) < 4.78 is 0. The van der Waals surface area contributed by atoms with Gasteiger partial charge in [0, 0.05) is 6.54 Å². The van der Waals surface area contributed by atoms with Crippen molar-refractivity contribution in [2.45, 2.75) is 20.3 Å². The summed E-state index contributed by atoms with van der Waals surface area (Å²) in [6.45, 7) is 5.40. The van der Waals surface area contributed by atoms with Crippen molar-refractivity contribution in [1.29, 1.82) is 0 Å². The normalized spacial score (nSPS) is 18.0. The van der Waals surface area contributed by atoms with Crippen molar-refractivity contribution < 1.29 is 4.79 Å². The van der Waals surface area contributed by atoms with Gasteiger partial charge in [-0.1, -0.05) is 6.92 Å². The average molecular weight is 140 g/mol. The molecule has 1 amide bonds. The lowest BCUT2D eigenvalue weighted by Gasteiger charge is -2.14. The maximum absolute atomic E-state index is 10.7. The average Bonchev–Trinajstić information content (AvgIpc) is 2.13. The fraction of sp³-hybridized carbons (Fsp3) is 0.714. The van der Waals surface area contributed by atoms with E-state index < -0.39 is 0 Å². The van der Waals surface area contributed by atoms with E-state index in [0.717, 1.165) is 18.8 Å². The van der Waals surface area contributed by atoms with E-state index in [0.29, 0.717) is 6.54 Å². The Morgan fingerprint density at radius 1 is 1.70 bits per heavy atom. The van der Waals surface area contributed by atoms with Crippen molar-refractivity contribution in [3.05, 3.63) is 0 Å². The molecule has 0 saturated heterocycles. The molecule has 3 nitrogen and oxygen atoms in total. The lowest BCUT2D eigenvalue weighted by Crippen LogP contribution is -2.27. The minimum atomic E-state index is -0.00838. The van der Waals surface area contributed by atoms with E-state index in [1.807, 2.05) is 11.8 Å². The second-order valence-corrected chi connectivity index (χ2v) is 2.47. The minimum Gasteiger partial charge on any atom is -0.351 e. The third kappa shape index (κ3) is 1.35. The highest BCUT2D eigenvalue weighted by molar-refractivity contribution is 6.00. The van der Waals surface area contributed by atoms with E-state index in [1.165, 1.54) is 0 Å². The van der Waals surface area contributed by atoms with Gasteiger partial charge < -0.3 is 4.90 Å². The molecule has 0 aromatic carbocycles. The molecule has 0 spiro atoms. The van der Waals surface area contributed by atoms with Gasteiger partial charge in [-0.3, -0.25) is 4.79 Å². The standard InChI is InChI=1S/C7H12N2O/c1-3-4-9-5-7(10)8-6(9)2/h3-5H2,1-2H3. The van der Waals surface area contributed by atoms with Crippen molar-refractivity contribution in [2.24, 2.45) is 4.99 Å². The Hall–Kier alpha value is -0.860. The number of amides is 1. The molecule has 0 unspecified atom stereocenters. The maximum atomic E-state index is 10.7. The van der Waals surface area contributed by atoms with Gasteiger partial charge in [0.1, 0.15) is 12.4 Å². The van der Waals surface area contributed by atoms with Gasteiger partial charge in [-0.2, -0.15) is 4.99 Å². The van der Waals surface area contributed by atoms with Crippen LogP contribution in [0.5, 0.6) is 0 Å². The second-order valence-electron chi connectivity index (χ2n) is 2.47. The number of rotatable bonds is 2. The zero-order valence-electron chi connectivity index (χ0n) is 6.42. The first-order chi connectivity index (χ1) is 4.74. The lowest BCUT2D eigenvalue weighted by atomic mass is 10.4. The fourth-order valence-corrected chi connectivity index (χ4v) is 1.07. The number of nitrogens with zero attached hydrogens (tertiary/aromatic N) is 2. The van der Waals surface area contributed by atoms with E-state index >= 15 is 0 Å². The third-order valence-electron chi connectivity index (χ3n) is 1.56. The zero-order valence-corrected chi connectivity index (χ0v) is 6.42. The lowest BCUT2D eigenvalue weighted by molar-refractivity contribution is -0.117. The molecule has 0 aromatic heterocycles. The molecule has 0 fully saturated rings. The number of hydrogen-bond donors (Lipinski definition) is 0. The molecule has 0 saturated carbocycles. The molecular formula is C7H12N2O. The van der Waals surface area contributed by atoms with Gasteiger partial charge in [0.15, 0.2) is 0 Å². The summed E-state index contributed by atoms with van der Waals surface area (Å²) in [5, 5.41) is 0. The molecule has 0 N–H and O–H groups in total. The summed E-state index contributed by atoms with van der Waals surface area (Å²) in [5.74, 6) is 0.859. The Kier molecular flexibility index (Phi) is 2.04. The van der Waals surface area contributed by atoms with Crippen LogP contribution in [-0.2, 0) is 4.79 Å². The summed E-state index contributed by atoms with van der Waals surface area (Å²) in [6.07, 6.45) is 1.07. The van der Waals surface area contributed by atoms with Crippen LogP contribution in [0, 0.1) is 0 Å². The summed E-state index contributed by atoms with van der Waals surface area (Å²) in [4.78, 5) is 16.5. The number of carbonyl (C=O) groups excluding carboxylic acids is 1. The van der Waals surface area contributed by atoms with E-state index in [9.17, 15) is 4.79 Å². The van der Waals surface area contributed by atoms with Crippen LogP contribution in [0.2, 0.25) is 0 Å². The SMILES string of the molecule is CCCN1CC(=O)N=C1C. The van der Waals surface area contributed by atoms with Gasteiger partial charge in [-0.05, 0) is 13.3 Å². The van der Waals surface area contributed by atoms with Crippen LogP contribution in [-0.4, -0.2) is 29.7 Å². The first-order valence-corrected chi connectivity index (χ1v) is 3.57. The minimum absolute atomic E-state index is 0.00838. The van der Waals surface area contributed by atoms with Crippen molar-refractivity contribution >= 4 is 11.7 Å². The molecule has 10 heavy (non-hydrogen) atoms. The molecule has 0 aromatic rings. The predicted molar refractivity (Wildman–Crippen MR) is 40.0 cm³/mol. The largest absolute Gasteiger partial charge is 0.351 e. The summed E-state index contributed by atoms with van der Waals surface area (Å²) >= 11 is 0. The number of hydrogen-bond acceptors (Lipinski definition) is 2. The maximum Gasteiger partial charge on any atom is 0.266 e. The quantitative estimate of drug-likeness (QED) is 0.564. The summed E-state index contributed by atoms with van der Waals surface area (Å²) in [5.41, 5.74) is 0. The van der Waals surface area contributed by atoms with Crippen molar-refractivity contribution in [1.82, 2.24) is 4.90 Å². The van der Waals surface area contributed by atoms with Crippen LogP contribution in [0.15, 0.2) is 4.99 Å². The first kappa shape index (κ1) is 7.25. The molecule has 56 valence electrons. The Bertz CT molecular complexity index is 174. The highest BCUT2D eigenvalue weighted by atomic mass is 16.2. The molecule has 0 bridgehead atoms. The monoisotopic (exact) mass is 140 g/mol. The molecule has 0 radical (unpaired) electrons. The van der Waals surface area contributed by atoms with Crippen LogP contribution < -0.4 is 0 Å². The van der Waals surface area contributed by atoms with Crippen LogP contribution in [0.4, 0.5) is 0 Å². The molecule has 0 aliphatic carbocycles. The van der Waals surface area contributed by atoms with Crippen molar-refractivity contribution in [2.75, 3.05) is 13.1 Å². The van der Waals surface area contributed by atoms with Gasteiger partial charge in [0.05, 0.1) is 0 Å². The Balaban J connectivity index is 2.51. The molecule has 0 atom stereocenters. The Labute approximate surface area is 60.7 Å². The van der Waals surface area contributed by atoms with Crippen LogP contribution in [0.3, 0.4) is 0 Å². The Morgan fingerprint density at radius 3 is 2.80 bits per heavy atom. The molecule has 1 heterocycles. The van der Waals surface area contributed by atoms with Crippen LogP contribution >= 0.6 is 0 Å². The van der Waals surface area contributed by atoms with E-state index in [1.54, 1.807) is 0 Å². The van der Waals surface area contributed by atoms with Gasteiger partial charge in [0.2, 0.25) is 0 Å². The van der Waals surface area contributed by atoms with Crippen molar-refractivity contribution in [3.63, 3.8) is 0 Å². The van der Waals surface area contributed by atoms with Crippen molar-refractivity contribution in [3.8, 4) is 0 Å². The van der Waals surface area contributed by atoms with Gasteiger partial charge in [0.25, 0.3) is 5.91 Å². The smallest absolute Gasteiger partial charge is 0.266 e. The number of aliphatic imine (C=N–C) groups is 1. The Morgan fingerprint density at radius 2 is 2.40 bits per heavy atom.